The molecule has 1 saturated heterocycles. The number of amides is 2. The number of carbonyl (C=O) groups is 3. The van der Waals surface area contributed by atoms with Crippen molar-refractivity contribution in [2.45, 2.75) is 71.2 Å². The summed E-state index contributed by atoms with van der Waals surface area (Å²) in [5.74, 6) is -0.0497. The smallest absolute Gasteiger partial charge is 0.308 e. The topological polar surface area (TPSA) is 124 Å². The van der Waals surface area contributed by atoms with Crippen LogP contribution >= 0.6 is 0 Å². The average molecular weight is 496 g/mol. The summed E-state index contributed by atoms with van der Waals surface area (Å²) in [5, 5.41) is 11.1. The van der Waals surface area contributed by atoms with Crippen LogP contribution < -0.4 is 5.32 Å². The predicted molar refractivity (Wildman–Crippen MR) is 132 cm³/mol. The molecule has 1 N–H and O–H groups in total. The molecule has 4 rings (SSSR count). The fourth-order valence-corrected chi connectivity index (χ4v) is 4.54. The molecule has 0 spiro atoms. The number of imidazole rings is 1. The number of nitrogens with zero attached hydrogens (tertiary/aromatic N) is 6. The summed E-state index contributed by atoms with van der Waals surface area (Å²) in [7, 11) is 0. The minimum atomic E-state index is -0.948. The van der Waals surface area contributed by atoms with Crippen LogP contribution in [-0.4, -0.2) is 72.0 Å². The zero-order chi connectivity index (χ0) is 25.9. The molecule has 3 aromatic rings. The van der Waals surface area contributed by atoms with E-state index in [2.05, 4.69) is 25.2 Å². The Labute approximate surface area is 209 Å². The van der Waals surface area contributed by atoms with Gasteiger partial charge in [-0.25, -0.2) is 9.67 Å². The fourth-order valence-electron chi connectivity index (χ4n) is 4.54. The SMILES string of the molecule is CC(=O)NC(CC(=O)OC(C)(C)C)C(=O)N1CCC(c2nccn2Cn2nnc3ccccc32)CC1. The Kier molecular flexibility index (Phi) is 7.37. The van der Waals surface area contributed by atoms with Crippen molar-refractivity contribution in [3.05, 3.63) is 42.5 Å². The number of para-hydroxylation sites is 1. The molecule has 0 aliphatic carbocycles. The van der Waals surface area contributed by atoms with Crippen LogP contribution in [0.25, 0.3) is 11.0 Å². The second-order valence-electron chi connectivity index (χ2n) is 10.1. The number of piperidine rings is 1. The highest BCUT2D eigenvalue weighted by atomic mass is 16.6. The number of rotatable bonds is 7. The summed E-state index contributed by atoms with van der Waals surface area (Å²) in [6.07, 6.45) is 4.95. The van der Waals surface area contributed by atoms with E-state index >= 15 is 0 Å². The lowest BCUT2D eigenvalue weighted by Gasteiger charge is -2.34. The minimum absolute atomic E-state index is 0.170. The van der Waals surface area contributed by atoms with Gasteiger partial charge in [-0.3, -0.25) is 14.4 Å². The van der Waals surface area contributed by atoms with Crippen LogP contribution in [0.2, 0.25) is 0 Å². The van der Waals surface area contributed by atoms with Crippen LogP contribution in [0.4, 0.5) is 0 Å². The van der Waals surface area contributed by atoms with Crippen molar-refractivity contribution < 1.29 is 19.1 Å². The summed E-state index contributed by atoms with van der Waals surface area (Å²) in [6.45, 7) is 8.13. The number of hydrogen-bond acceptors (Lipinski definition) is 7. The molecule has 1 fully saturated rings. The third kappa shape index (κ3) is 6.07. The van der Waals surface area contributed by atoms with Gasteiger partial charge in [0.1, 0.15) is 29.7 Å². The van der Waals surface area contributed by atoms with E-state index in [1.54, 1.807) is 31.9 Å². The van der Waals surface area contributed by atoms with Crippen molar-refractivity contribution >= 4 is 28.8 Å². The minimum Gasteiger partial charge on any atom is -0.460 e. The molecule has 0 radical (unpaired) electrons. The number of benzene rings is 1. The van der Waals surface area contributed by atoms with Crippen molar-refractivity contribution in [2.75, 3.05) is 13.1 Å². The number of hydrogen-bond donors (Lipinski definition) is 1. The van der Waals surface area contributed by atoms with Crippen molar-refractivity contribution in [3.63, 3.8) is 0 Å². The number of carbonyl (C=O) groups excluding carboxylic acids is 3. The maximum absolute atomic E-state index is 13.2. The number of nitrogens with one attached hydrogen (secondary N) is 1. The van der Waals surface area contributed by atoms with Gasteiger partial charge in [-0.15, -0.1) is 5.10 Å². The van der Waals surface area contributed by atoms with E-state index in [4.69, 9.17) is 4.74 Å². The van der Waals surface area contributed by atoms with E-state index < -0.39 is 17.6 Å². The lowest BCUT2D eigenvalue weighted by atomic mass is 9.95. The number of likely N-dealkylation sites (tertiary alicyclic amines) is 1. The molecule has 1 unspecified atom stereocenters. The van der Waals surface area contributed by atoms with Crippen molar-refractivity contribution in [2.24, 2.45) is 0 Å². The molecule has 11 heteroatoms. The van der Waals surface area contributed by atoms with Gasteiger partial charge in [0.25, 0.3) is 0 Å². The van der Waals surface area contributed by atoms with Crippen LogP contribution in [0, 0.1) is 0 Å². The maximum atomic E-state index is 13.2. The lowest BCUT2D eigenvalue weighted by Crippen LogP contribution is -2.51. The molecule has 192 valence electrons. The molecule has 1 aromatic carbocycles. The molecular weight excluding hydrogens is 462 g/mol. The van der Waals surface area contributed by atoms with E-state index in [-0.39, 0.29) is 24.2 Å². The third-order valence-electron chi connectivity index (χ3n) is 6.09. The summed E-state index contributed by atoms with van der Waals surface area (Å²) in [6, 6.07) is 6.86. The first-order valence-corrected chi connectivity index (χ1v) is 12.2. The van der Waals surface area contributed by atoms with Gasteiger partial charge >= 0.3 is 5.97 Å². The van der Waals surface area contributed by atoms with Gasteiger partial charge in [0, 0.05) is 38.3 Å². The largest absolute Gasteiger partial charge is 0.460 e. The quantitative estimate of drug-likeness (QED) is 0.498. The summed E-state index contributed by atoms with van der Waals surface area (Å²) < 4.78 is 9.26. The maximum Gasteiger partial charge on any atom is 0.308 e. The Bertz CT molecular complexity index is 1230. The number of ether oxygens (including phenoxy) is 1. The molecule has 11 nitrogen and oxygen atoms in total. The van der Waals surface area contributed by atoms with Crippen LogP contribution in [0.5, 0.6) is 0 Å². The number of aromatic nitrogens is 5. The second kappa shape index (κ2) is 10.5. The highest BCUT2D eigenvalue weighted by Crippen LogP contribution is 2.28. The monoisotopic (exact) mass is 495 g/mol. The van der Waals surface area contributed by atoms with Crippen molar-refractivity contribution in [3.8, 4) is 0 Å². The van der Waals surface area contributed by atoms with Gasteiger partial charge < -0.3 is 19.5 Å². The fraction of sp³-hybridized carbons (Fsp3) is 0.520. The first-order valence-electron chi connectivity index (χ1n) is 12.2. The van der Waals surface area contributed by atoms with E-state index in [9.17, 15) is 14.4 Å². The molecule has 0 bridgehead atoms. The zero-order valence-corrected chi connectivity index (χ0v) is 21.2. The molecular formula is C25H33N7O4. The van der Waals surface area contributed by atoms with Crippen LogP contribution in [0.15, 0.2) is 36.7 Å². The zero-order valence-electron chi connectivity index (χ0n) is 21.2. The molecule has 0 saturated carbocycles. The van der Waals surface area contributed by atoms with Gasteiger partial charge in [0.05, 0.1) is 11.9 Å². The highest BCUT2D eigenvalue weighted by Gasteiger charge is 2.33. The average Bonchev–Trinajstić information content (AvgIpc) is 3.44. The Balaban J connectivity index is 1.39. The van der Waals surface area contributed by atoms with E-state index in [0.29, 0.717) is 19.8 Å². The molecule has 3 heterocycles. The van der Waals surface area contributed by atoms with Crippen LogP contribution in [0.1, 0.15) is 58.7 Å². The second-order valence-corrected chi connectivity index (χ2v) is 10.1. The molecule has 1 aliphatic rings. The molecule has 1 atom stereocenters. The van der Waals surface area contributed by atoms with Crippen molar-refractivity contribution in [1.29, 1.82) is 0 Å². The summed E-state index contributed by atoms with van der Waals surface area (Å²) in [5.41, 5.74) is 1.12. The van der Waals surface area contributed by atoms with Gasteiger partial charge in [0.15, 0.2) is 0 Å². The lowest BCUT2D eigenvalue weighted by molar-refractivity contribution is -0.157. The van der Waals surface area contributed by atoms with Gasteiger partial charge in [-0.2, -0.15) is 0 Å². The third-order valence-corrected chi connectivity index (χ3v) is 6.09. The molecule has 36 heavy (non-hydrogen) atoms. The van der Waals surface area contributed by atoms with Crippen LogP contribution in [-0.2, 0) is 25.8 Å². The first-order chi connectivity index (χ1) is 17.1. The normalized spacial score (nSPS) is 15.6. The Morgan fingerprint density at radius 1 is 1.17 bits per heavy atom. The van der Waals surface area contributed by atoms with E-state index in [1.807, 2.05) is 35.1 Å². The molecule has 2 aromatic heterocycles. The van der Waals surface area contributed by atoms with E-state index in [0.717, 1.165) is 29.7 Å². The van der Waals surface area contributed by atoms with Gasteiger partial charge in [-0.05, 0) is 45.7 Å². The molecule has 1 aliphatic heterocycles. The predicted octanol–water partition coefficient (Wildman–Crippen LogP) is 2.08. The highest BCUT2D eigenvalue weighted by molar-refractivity contribution is 5.90. The number of fused-ring (bicyclic) bond motifs is 1. The summed E-state index contributed by atoms with van der Waals surface area (Å²) in [4.78, 5) is 43.5. The Hall–Kier alpha value is -3.76. The van der Waals surface area contributed by atoms with Crippen LogP contribution in [0.3, 0.4) is 0 Å². The van der Waals surface area contributed by atoms with Gasteiger partial charge in [-0.1, -0.05) is 17.3 Å². The van der Waals surface area contributed by atoms with E-state index in [1.165, 1.54) is 6.92 Å². The number of esters is 1. The first kappa shape index (κ1) is 25.3. The molecule has 2 amide bonds. The standard InChI is InChI=1S/C25H33N7O4/c1-17(33)27-20(15-22(34)36-25(2,3)4)24(35)30-12-9-18(10-13-30)23-26-11-14-31(23)16-32-21-8-6-5-7-19(21)28-29-32/h5-8,11,14,18,20H,9-10,12-13,15-16H2,1-4H3,(H,27,33). The Morgan fingerprint density at radius 2 is 1.89 bits per heavy atom. The summed E-state index contributed by atoms with van der Waals surface area (Å²) >= 11 is 0. The van der Waals surface area contributed by atoms with Gasteiger partial charge in [0.2, 0.25) is 11.8 Å². The van der Waals surface area contributed by atoms with Crippen molar-refractivity contribution in [1.82, 2.24) is 34.8 Å². The Morgan fingerprint density at radius 3 is 2.58 bits per heavy atom.